The average Bonchev–Trinajstić information content (AvgIpc) is 3.10. The Morgan fingerprint density at radius 1 is 0.769 bits per heavy atom. The second-order valence-electron chi connectivity index (χ2n) is 12.9. The fourth-order valence-electron chi connectivity index (χ4n) is 5.20. The van der Waals surface area contributed by atoms with Gasteiger partial charge in [-0.2, -0.15) is 0 Å². The van der Waals surface area contributed by atoms with Crippen molar-refractivity contribution in [2.45, 2.75) is 52.6 Å². The van der Waals surface area contributed by atoms with Gasteiger partial charge in [0.05, 0.1) is 0 Å². The Hall–Kier alpha value is -5.87. The predicted molar refractivity (Wildman–Crippen MR) is 199 cm³/mol. The van der Waals surface area contributed by atoms with Crippen LogP contribution in [0.25, 0.3) is 22.3 Å². The lowest BCUT2D eigenvalue weighted by atomic mass is 9.93. The quantitative estimate of drug-likeness (QED) is 0.117. The molecule has 268 valence electrons. The summed E-state index contributed by atoms with van der Waals surface area (Å²) >= 11 is 6.47. The second-order valence-corrected chi connectivity index (χ2v) is 13.3. The van der Waals surface area contributed by atoms with Gasteiger partial charge in [0.25, 0.3) is 5.91 Å². The van der Waals surface area contributed by atoms with E-state index in [1.54, 1.807) is 82.3 Å². The van der Waals surface area contributed by atoms with E-state index in [2.05, 4.69) is 16.0 Å². The van der Waals surface area contributed by atoms with Crippen LogP contribution in [0.15, 0.2) is 115 Å². The molecule has 3 N–H and O–H groups in total. The molecule has 9 nitrogen and oxygen atoms in total. The minimum atomic E-state index is -0.847. The van der Waals surface area contributed by atoms with Crippen molar-refractivity contribution in [1.82, 2.24) is 16.0 Å². The van der Waals surface area contributed by atoms with E-state index in [0.29, 0.717) is 33.2 Å². The van der Waals surface area contributed by atoms with Crippen molar-refractivity contribution in [1.29, 1.82) is 0 Å². The van der Waals surface area contributed by atoms with Gasteiger partial charge < -0.3 is 30.2 Å². The van der Waals surface area contributed by atoms with Gasteiger partial charge in [0.2, 0.25) is 0 Å². The number of ether oxygens (including phenoxy) is 3. The fraction of sp³-hybridized carbons (Fsp3) is 0.195. The first-order valence-electron chi connectivity index (χ1n) is 16.6. The van der Waals surface area contributed by atoms with Gasteiger partial charge in [0.15, 0.2) is 0 Å². The highest BCUT2D eigenvalue weighted by atomic mass is 35.5. The molecule has 0 saturated carbocycles. The van der Waals surface area contributed by atoms with Gasteiger partial charge in [-0.1, -0.05) is 78.3 Å². The number of hydrogen-bond acceptors (Lipinski definition) is 6. The Kier molecular flexibility index (Phi) is 12.1. The average molecular weight is 724 g/mol. The van der Waals surface area contributed by atoms with Crippen LogP contribution in [0.1, 0.15) is 49.2 Å². The Bertz CT molecular complexity index is 2050. The third-order valence-corrected chi connectivity index (χ3v) is 7.80. The van der Waals surface area contributed by atoms with Crippen LogP contribution in [0, 0.1) is 5.82 Å². The first-order valence-corrected chi connectivity index (χ1v) is 16.9. The summed E-state index contributed by atoms with van der Waals surface area (Å²) in [6.45, 7) is 6.90. The van der Waals surface area contributed by atoms with Crippen LogP contribution in [0.5, 0.6) is 11.5 Å². The number of carbonyl (C=O) groups excluding carboxylic acids is 3. The molecule has 0 aliphatic rings. The van der Waals surface area contributed by atoms with Gasteiger partial charge in [0, 0.05) is 34.3 Å². The SMILES string of the molecule is CC(NC(=O)OCc1ccccc1F)NC(=O)c1ccc(-c2ccccc2)cc1-c1ccc(Cl)cc1Oc1cccc(CNC(=O)OC(C)(C)C)c1. The third kappa shape index (κ3) is 10.6. The molecular weight excluding hydrogens is 685 g/mol. The van der Waals surface area contributed by atoms with Crippen molar-refractivity contribution in [3.63, 3.8) is 0 Å². The third-order valence-electron chi connectivity index (χ3n) is 7.57. The molecule has 5 rings (SSSR count). The molecule has 0 aromatic heterocycles. The number of halogens is 2. The van der Waals surface area contributed by atoms with Crippen LogP contribution < -0.4 is 20.7 Å². The van der Waals surface area contributed by atoms with Crippen molar-refractivity contribution in [3.8, 4) is 33.8 Å². The first kappa shape index (κ1) is 37.4. The van der Waals surface area contributed by atoms with Crippen LogP contribution in [-0.2, 0) is 22.6 Å². The minimum Gasteiger partial charge on any atom is -0.457 e. The molecule has 52 heavy (non-hydrogen) atoms. The van der Waals surface area contributed by atoms with E-state index in [0.717, 1.165) is 16.7 Å². The van der Waals surface area contributed by atoms with Crippen LogP contribution in [0.3, 0.4) is 0 Å². The fourth-order valence-corrected chi connectivity index (χ4v) is 5.36. The maximum absolute atomic E-state index is 14.0. The summed E-state index contributed by atoms with van der Waals surface area (Å²) in [5.74, 6) is -0.111. The monoisotopic (exact) mass is 723 g/mol. The summed E-state index contributed by atoms with van der Waals surface area (Å²) in [5.41, 5.74) is 3.58. The molecule has 5 aromatic rings. The zero-order valence-electron chi connectivity index (χ0n) is 29.2. The normalized spacial score (nSPS) is 11.6. The van der Waals surface area contributed by atoms with Crippen LogP contribution in [0.2, 0.25) is 5.02 Å². The molecule has 0 saturated heterocycles. The zero-order chi connectivity index (χ0) is 37.3. The molecule has 0 bridgehead atoms. The van der Waals surface area contributed by atoms with E-state index in [4.69, 9.17) is 25.8 Å². The molecule has 1 atom stereocenters. The maximum Gasteiger partial charge on any atom is 0.409 e. The molecule has 0 spiro atoms. The lowest BCUT2D eigenvalue weighted by Gasteiger charge is -2.20. The summed E-state index contributed by atoms with van der Waals surface area (Å²) < 4.78 is 30.9. The van der Waals surface area contributed by atoms with E-state index >= 15 is 0 Å². The van der Waals surface area contributed by atoms with Gasteiger partial charge in [-0.15, -0.1) is 0 Å². The highest BCUT2D eigenvalue weighted by Gasteiger charge is 2.21. The number of amides is 3. The van der Waals surface area contributed by atoms with Crippen molar-refractivity contribution in [2.75, 3.05) is 0 Å². The van der Waals surface area contributed by atoms with Crippen LogP contribution in [-0.4, -0.2) is 29.9 Å². The molecule has 0 radical (unpaired) electrons. The molecule has 0 aliphatic heterocycles. The van der Waals surface area contributed by atoms with E-state index in [1.807, 2.05) is 48.5 Å². The zero-order valence-corrected chi connectivity index (χ0v) is 29.9. The van der Waals surface area contributed by atoms with Crippen molar-refractivity contribution in [2.24, 2.45) is 0 Å². The number of benzene rings is 5. The highest BCUT2D eigenvalue weighted by Crippen LogP contribution is 2.39. The van der Waals surface area contributed by atoms with E-state index in [-0.39, 0.29) is 18.7 Å². The predicted octanol–water partition coefficient (Wildman–Crippen LogP) is 9.63. The molecule has 1 unspecified atom stereocenters. The smallest absolute Gasteiger partial charge is 0.409 e. The molecule has 11 heteroatoms. The molecule has 3 amide bonds. The topological polar surface area (TPSA) is 115 Å². The Morgan fingerprint density at radius 2 is 1.52 bits per heavy atom. The molecular formula is C41H39ClFN3O6. The largest absolute Gasteiger partial charge is 0.457 e. The summed E-state index contributed by atoms with van der Waals surface area (Å²) in [4.78, 5) is 38.5. The number of hydrogen-bond donors (Lipinski definition) is 3. The lowest BCUT2D eigenvalue weighted by Crippen LogP contribution is -2.46. The second kappa shape index (κ2) is 16.9. The summed E-state index contributed by atoms with van der Waals surface area (Å²) in [6.07, 6.45) is -2.21. The minimum absolute atomic E-state index is 0.209. The van der Waals surface area contributed by atoms with Crippen molar-refractivity contribution in [3.05, 3.63) is 143 Å². The Morgan fingerprint density at radius 3 is 2.27 bits per heavy atom. The van der Waals surface area contributed by atoms with Gasteiger partial charge in [-0.05, 0) is 92.4 Å². The van der Waals surface area contributed by atoms with Crippen LogP contribution >= 0.6 is 11.6 Å². The van der Waals surface area contributed by atoms with Gasteiger partial charge in [0.1, 0.15) is 35.7 Å². The Labute approximate surface area is 307 Å². The van der Waals surface area contributed by atoms with E-state index in [1.165, 1.54) is 12.1 Å². The van der Waals surface area contributed by atoms with E-state index in [9.17, 15) is 18.8 Å². The van der Waals surface area contributed by atoms with Crippen LogP contribution in [0.4, 0.5) is 14.0 Å². The van der Waals surface area contributed by atoms with Gasteiger partial charge in [-0.25, -0.2) is 14.0 Å². The summed E-state index contributed by atoms with van der Waals surface area (Å²) in [7, 11) is 0. The van der Waals surface area contributed by atoms with Crippen molar-refractivity contribution < 1.29 is 33.0 Å². The lowest BCUT2D eigenvalue weighted by molar-refractivity contribution is 0.0523. The molecule has 0 heterocycles. The first-order chi connectivity index (χ1) is 24.8. The number of alkyl carbamates (subject to hydrolysis) is 2. The molecule has 0 aliphatic carbocycles. The molecule has 0 fully saturated rings. The maximum atomic E-state index is 14.0. The number of nitrogens with one attached hydrogen (secondary N) is 3. The molecule has 5 aromatic carbocycles. The number of carbonyl (C=O) groups is 3. The van der Waals surface area contributed by atoms with Gasteiger partial charge in [-0.3, -0.25) is 4.79 Å². The van der Waals surface area contributed by atoms with Gasteiger partial charge >= 0.3 is 12.2 Å². The summed E-state index contributed by atoms with van der Waals surface area (Å²) in [6, 6.07) is 33.5. The number of rotatable bonds is 11. The highest BCUT2D eigenvalue weighted by molar-refractivity contribution is 6.30. The van der Waals surface area contributed by atoms with E-state index < -0.39 is 35.7 Å². The standard InChI is InChI=1S/C41H39ClFN3O6/c1-26(46-40(49)50-25-30-14-8-9-16-36(30)43)45-38(47)34-19-17-29(28-12-6-5-7-13-28)22-35(34)33-20-18-31(42)23-37(33)51-32-15-10-11-27(21-32)24-44-39(48)52-41(2,3)4/h5-23,26H,24-25H2,1-4H3,(H,44,48)(H,45,47)(H,46,49). The Balaban J connectivity index is 1.40. The van der Waals surface area contributed by atoms with Crippen molar-refractivity contribution >= 4 is 29.7 Å². The summed E-state index contributed by atoms with van der Waals surface area (Å²) in [5, 5.41) is 8.52.